The molecule has 0 aliphatic rings. The minimum absolute atomic E-state index is 0.140. The molecule has 2 aromatic carbocycles. The Hall–Kier alpha value is -3.22. The summed E-state index contributed by atoms with van der Waals surface area (Å²) in [6.07, 6.45) is 0.449. The molecule has 0 heterocycles. The number of hydrogen-bond donors (Lipinski definition) is 3. The van der Waals surface area contributed by atoms with E-state index in [1.54, 1.807) is 25.1 Å². The molecule has 0 aliphatic heterocycles. The Morgan fingerprint density at radius 1 is 1.04 bits per heavy atom. The Kier molecular flexibility index (Phi) is 7.05. The molecule has 2 rings (SSSR count). The summed E-state index contributed by atoms with van der Waals surface area (Å²) >= 11 is 0. The maximum absolute atomic E-state index is 13.5. The zero-order chi connectivity index (χ0) is 19.8. The van der Waals surface area contributed by atoms with Gasteiger partial charge in [0.05, 0.1) is 5.56 Å². The Bertz CT molecular complexity index is 852. The van der Waals surface area contributed by atoms with Crippen LogP contribution in [-0.4, -0.2) is 36.0 Å². The highest BCUT2D eigenvalue weighted by Crippen LogP contribution is 2.11. The molecule has 0 radical (unpaired) electrons. The van der Waals surface area contributed by atoms with E-state index in [0.29, 0.717) is 17.5 Å². The van der Waals surface area contributed by atoms with Crippen molar-refractivity contribution < 1.29 is 23.9 Å². The summed E-state index contributed by atoms with van der Waals surface area (Å²) in [7, 11) is 0. The van der Waals surface area contributed by atoms with Crippen molar-refractivity contribution in [1.29, 1.82) is 0 Å². The van der Waals surface area contributed by atoms with Gasteiger partial charge in [-0.15, -0.1) is 0 Å². The number of hydrogen-bond acceptors (Lipinski definition) is 3. The highest BCUT2D eigenvalue weighted by molar-refractivity contribution is 5.94. The minimum atomic E-state index is -1.03. The topological polar surface area (TPSA) is 95.5 Å². The van der Waals surface area contributed by atoms with Crippen molar-refractivity contribution in [1.82, 2.24) is 10.6 Å². The van der Waals surface area contributed by atoms with E-state index in [9.17, 15) is 18.8 Å². The number of aromatic carboxylic acids is 1. The molecule has 0 saturated heterocycles. The number of halogens is 1. The van der Waals surface area contributed by atoms with Crippen LogP contribution in [0.3, 0.4) is 0 Å². The molecule has 7 heteroatoms. The molecule has 0 bridgehead atoms. The van der Waals surface area contributed by atoms with Gasteiger partial charge in [-0.25, -0.2) is 9.18 Å². The molecule has 2 aromatic rings. The number of nitrogens with one attached hydrogen (secondary N) is 2. The first-order valence-electron chi connectivity index (χ1n) is 8.50. The molecule has 0 fully saturated rings. The van der Waals surface area contributed by atoms with Gasteiger partial charge in [0.2, 0.25) is 5.91 Å². The SMILES string of the molecule is Cc1ccc(C(=O)NCCNC(=O)CCc2ccccc2C(=O)O)cc1F. The van der Waals surface area contributed by atoms with Gasteiger partial charge in [0.1, 0.15) is 5.82 Å². The maximum atomic E-state index is 13.5. The van der Waals surface area contributed by atoms with Crippen LogP contribution in [0, 0.1) is 12.7 Å². The average molecular weight is 372 g/mol. The summed E-state index contributed by atoms with van der Waals surface area (Å²) in [5.41, 5.74) is 1.45. The number of carbonyl (C=O) groups excluding carboxylic acids is 2. The summed E-state index contributed by atoms with van der Waals surface area (Å²) in [4.78, 5) is 34.9. The lowest BCUT2D eigenvalue weighted by Crippen LogP contribution is -2.34. The normalized spacial score (nSPS) is 10.3. The van der Waals surface area contributed by atoms with Crippen molar-refractivity contribution in [2.24, 2.45) is 0 Å². The highest BCUT2D eigenvalue weighted by Gasteiger charge is 2.11. The Balaban J connectivity index is 1.73. The van der Waals surface area contributed by atoms with Crippen LogP contribution in [0.25, 0.3) is 0 Å². The third-order valence-electron chi connectivity index (χ3n) is 4.04. The van der Waals surface area contributed by atoms with Crippen LogP contribution in [0.1, 0.15) is 38.3 Å². The summed E-state index contributed by atoms with van der Waals surface area (Å²) in [5.74, 6) is -2.14. The molecule has 0 spiro atoms. The fourth-order valence-electron chi connectivity index (χ4n) is 2.50. The fourth-order valence-corrected chi connectivity index (χ4v) is 2.50. The second kappa shape index (κ2) is 9.47. The summed E-state index contributed by atoms with van der Waals surface area (Å²) in [6, 6.07) is 10.8. The van der Waals surface area contributed by atoms with Crippen molar-refractivity contribution >= 4 is 17.8 Å². The lowest BCUT2D eigenvalue weighted by atomic mass is 10.0. The first kappa shape index (κ1) is 20.1. The molecule has 0 atom stereocenters. The molecule has 3 N–H and O–H groups in total. The fraction of sp³-hybridized carbons (Fsp3) is 0.250. The molecule has 27 heavy (non-hydrogen) atoms. The van der Waals surface area contributed by atoms with Crippen LogP contribution in [0.4, 0.5) is 4.39 Å². The van der Waals surface area contributed by atoms with Crippen molar-refractivity contribution in [3.05, 3.63) is 70.5 Å². The zero-order valence-electron chi connectivity index (χ0n) is 14.9. The van der Waals surface area contributed by atoms with Crippen molar-refractivity contribution in [2.45, 2.75) is 19.8 Å². The number of benzene rings is 2. The predicted molar refractivity (Wildman–Crippen MR) is 98.2 cm³/mol. The predicted octanol–water partition coefficient (Wildman–Crippen LogP) is 2.31. The molecular formula is C20H21FN2O4. The van der Waals surface area contributed by atoms with Crippen molar-refractivity contribution in [2.75, 3.05) is 13.1 Å². The summed E-state index contributed by atoms with van der Waals surface area (Å²) in [6.45, 7) is 2.03. The number of carboxylic acid groups (broad SMARTS) is 1. The van der Waals surface area contributed by atoms with Gasteiger partial charge in [-0.2, -0.15) is 0 Å². The second-order valence-electron chi connectivity index (χ2n) is 6.03. The third kappa shape index (κ3) is 5.91. The van der Waals surface area contributed by atoms with E-state index < -0.39 is 17.7 Å². The molecule has 0 unspecified atom stereocenters. The van der Waals surface area contributed by atoms with Gasteiger partial charge >= 0.3 is 5.97 Å². The van der Waals surface area contributed by atoms with E-state index in [-0.39, 0.29) is 36.5 Å². The molecule has 142 valence electrons. The Morgan fingerprint density at radius 3 is 2.44 bits per heavy atom. The molecule has 0 saturated carbocycles. The highest BCUT2D eigenvalue weighted by atomic mass is 19.1. The smallest absolute Gasteiger partial charge is 0.335 e. The lowest BCUT2D eigenvalue weighted by Gasteiger charge is -2.09. The van der Waals surface area contributed by atoms with Crippen LogP contribution in [0.5, 0.6) is 0 Å². The van der Waals surface area contributed by atoms with E-state index in [1.165, 1.54) is 24.3 Å². The average Bonchev–Trinajstić information content (AvgIpc) is 2.65. The number of aryl methyl sites for hydroxylation is 2. The lowest BCUT2D eigenvalue weighted by molar-refractivity contribution is -0.121. The zero-order valence-corrected chi connectivity index (χ0v) is 14.9. The number of amides is 2. The molecular weight excluding hydrogens is 351 g/mol. The van der Waals surface area contributed by atoms with Gasteiger partial charge in [0.15, 0.2) is 0 Å². The Morgan fingerprint density at radius 2 is 1.74 bits per heavy atom. The van der Waals surface area contributed by atoms with Crippen LogP contribution in [-0.2, 0) is 11.2 Å². The third-order valence-corrected chi connectivity index (χ3v) is 4.04. The van der Waals surface area contributed by atoms with Gasteiger partial charge in [-0.1, -0.05) is 24.3 Å². The van der Waals surface area contributed by atoms with Gasteiger partial charge in [-0.05, 0) is 42.7 Å². The van der Waals surface area contributed by atoms with Gasteiger partial charge < -0.3 is 15.7 Å². The molecule has 0 aliphatic carbocycles. The number of rotatable bonds is 8. The van der Waals surface area contributed by atoms with Gasteiger partial charge in [-0.3, -0.25) is 9.59 Å². The minimum Gasteiger partial charge on any atom is -0.478 e. The van der Waals surface area contributed by atoms with E-state index in [2.05, 4.69) is 10.6 Å². The number of carboxylic acids is 1. The monoisotopic (exact) mass is 372 g/mol. The van der Waals surface area contributed by atoms with Crippen LogP contribution >= 0.6 is 0 Å². The largest absolute Gasteiger partial charge is 0.478 e. The first-order chi connectivity index (χ1) is 12.9. The van der Waals surface area contributed by atoms with Gasteiger partial charge in [0, 0.05) is 25.1 Å². The maximum Gasteiger partial charge on any atom is 0.335 e. The van der Waals surface area contributed by atoms with E-state index in [4.69, 9.17) is 5.11 Å². The van der Waals surface area contributed by atoms with Crippen LogP contribution < -0.4 is 10.6 Å². The van der Waals surface area contributed by atoms with Crippen LogP contribution in [0.2, 0.25) is 0 Å². The quantitative estimate of drug-likeness (QED) is 0.620. The second-order valence-corrected chi connectivity index (χ2v) is 6.03. The molecule has 0 aromatic heterocycles. The Labute approximate surface area is 156 Å². The number of carbonyl (C=O) groups is 3. The summed E-state index contributed by atoms with van der Waals surface area (Å²) in [5, 5.41) is 14.4. The van der Waals surface area contributed by atoms with E-state index in [1.807, 2.05) is 0 Å². The van der Waals surface area contributed by atoms with E-state index >= 15 is 0 Å². The van der Waals surface area contributed by atoms with E-state index in [0.717, 1.165) is 0 Å². The standard InChI is InChI=1S/C20H21FN2O4/c1-13-6-7-15(12-17(13)21)19(25)23-11-10-22-18(24)9-8-14-4-2-3-5-16(14)20(26)27/h2-7,12H,8-11H2,1H3,(H,22,24)(H,23,25)(H,26,27). The van der Waals surface area contributed by atoms with Gasteiger partial charge in [0.25, 0.3) is 5.91 Å². The summed E-state index contributed by atoms with van der Waals surface area (Å²) < 4.78 is 13.5. The van der Waals surface area contributed by atoms with Crippen molar-refractivity contribution in [3.63, 3.8) is 0 Å². The first-order valence-corrected chi connectivity index (χ1v) is 8.50. The molecule has 2 amide bonds. The van der Waals surface area contributed by atoms with Crippen LogP contribution in [0.15, 0.2) is 42.5 Å². The van der Waals surface area contributed by atoms with Crippen molar-refractivity contribution in [3.8, 4) is 0 Å². The molecule has 6 nitrogen and oxygen atoms in total.